The summed E-state index contributed by atoms with van der Waals surface area (Å²) in [6.45, 7) is 4.33. The fraction of sp³-hybridized carbons (Fsp3) is 0.0909. The lowest BCUT2D eigenvalue weighted by molar-refractivity contribution is 1.13. The molecule has 0 spiro atoms. The van der Waals surface area contributed by atoms with E-state index in [1.54, 1.807) is 0 Å². The Balaban J connectivity index is 1.29. The highest BCUT2D eigenvalue weighted by atomic mass is 14.2. The van der Waals surface area contributed by atoms with E-state index in [-0.39, 0.29) is 0 Å². The van der Waals surface area contributed by atoms with E-state index < -0.39 is 0 Å². The number of rotatable bonds is 4. The Morgan fingerprint density at radius 2 is 0.750 bits per heavy atom. The Hall–Kier alpha value is -5.20. The molecule has 210 valence electrons. The molecule has 8 rings (SSSR count). The van der Waals surface area contributed by atoms with Crippen LogP contribution in [0.1, 0.15) is 24.0 Å². The molecule has 0 heteroatoms. The third kappa shape index (κ3) is 4.74. The first-order chi connectivity index (χ1) is 21.6. The summed E-state index contributed by atoms with van der Waals surface area (Å²) in [5.41, 5.74) is 12.5. The van der Waals surface area contributed by atoms with Crippen LogP contribution in [0.2, 0.25) is 0 Å². The van der Waals surface area contributed by atoms with Gasteiger partial charge in [-0.15, -0.1) is 0 Å². The molecular weight excluding hydrogens is 528 g/mol. The molecule has 0 bridgehead atoms. The van der Waals surface area contributed by atoms with Gasteiger partial charge in [0.2, 0.25) is 0 Å². The van der Waals surface area contributed by atoms with Crippen molar-refractivity contribution in [3.63, 3.8) is 0 Å². The number of hydrogen-bond acceptors (Lipinski definition) is 0. The van der Waals surface area contributed by atoms with Gasteiger partial charge in [0, 0.05) is 0 Å². The second-order valence-electron chi connectivity index (χ2n) is 12.2. The predicted molar refractivity (Wildman–Crippen MR) is 190 cm³/mol. The van der Waals surface area contributed by atoms with Crippen LogP contribution >= 0.6 is 0 Å². The molecule has 0 aromatic heterocycles. The van der Waals surface area contributed by atoms with E-state index in [0.717, 1.165) is 12.8 Å². The van der Waals surface area contributed by atoms with E-state index in [4.69, 9.17) is 0 Å². The van der Waals surface area contributed by atoms with Crippen LogP contribution in [0.5, 0.6) is 0 Å². The topological polar surface area (TPSA) is 0 Å². The minimum absolute atomic E-state index is 1.10. The highest BCUT2D eigenvalue weighted by Crippen LogP contribution is 2.35. The van der Waals surface area contributed by atoms with Gasteiger partial charge in [0.1, 0.15) is 0 Å². The summed E-state index contributed by atoms with van der Waals surface area (Å²) in [5, 5.41) is 8.15. The van der Waals surface area contributed by atoms with E-state index in [0.29, 0.717) is 0 Å². The van der Waals surface area contributed by atoms with Gasteiger partial charge in [-0.25, -0.2) is 0 Å². The first-order valence-electron chi connectivity index (χ1n) is 15.7. The van der Waals surface area contributed by atoms with Crippen LogP contribution in [0.15, 0.2) is 133 Å². The lowest BCUT2D eigenvalue weighted by atomic mass is 9.90. The number of benzene rings is 7. The van der Waals surface area contributed by atoms with E-state index in [1.807, 2.05) is 0 Å². The van der Waals surface area contributed by atoms with Crippen LogP contribution in [-0.2, 0) is 0 Å². The molecule has 7 aromatic carbocycles. The van der Waals surface area contributed by atoms with Gasteiger partial charge < -0.3 is 0 Å². The average molecular weight is 563 g/mol. The minimum atomic E-state index is 1.10. The van der Waals surface area contributed by atoms with Crippen LogP contribution < -0.4 is 10.4 Å². The summed E-state index contributed by atoms with van der Waals surface area (Å²) in [7, 11) is 0. The van der Waals surface area contributed by atoms with Crippen molar-refractivity contribution in [2.24, 2.45) is 0 Å². The maximum absolute atomic E-state index is 2.44. The summed E-state index contributed by atoms with van der Waals surface area (Å²) in [4.78, 5) is 0. The predicted octanol–water partition coefficient (Wildman–Crippen LogP) is 10.6. The number of fused-ring (bicyclic) bond motifs is 6. The van der Waals surface area contributed by atoms with E-state index in [1.165, 1.54) is 87.6 Å². The van der Waals surface area contributed by atoms with Gasteiger partial charge in [0.15, 0.2) is 0 Å². The quantitative estimate of drug-likeness (QED) is 0.187. The molecule has 0 saturated carbocycles. The molecule has 0 aliphatic heterocycles. The molecule has 0 N–H and O–H groups in total. The first kappa shape index (κ1) is 26.4. The van der Waals surface area contributed by atoms with Crippen LogP contribution in [0, 0.1) is 13.8 Å². The molecule has 0 nitrogen and oxygen atoms in total. The molecule has 44 heavy (non-hydrogen) atoms. The summed E-state index contributed by atoms with van der Waals surface area (Å²) in [5.74, 6) is 0. The Morgan fingerprint density at radius 1 is 0.318 bits per heavy atom. The smallest absolute Gasteiger partial charge is 0.00961 e. The van der Waals surface area contributed by atoms with Gasteiger partial charge in [-0.05, 0) is 134 Å². The SMILES string of the molecule is Cc1cccc(-c2cc(-c3cccc(C)c3)cc(-c3cccc(-c4ccc5c(c4)c4c(c6ccccc65)=CCCC=4)c3)c2)c1. The average Bonchev–Trinajstić information content (AvgIpc) is 3.08. The zero-order chi connectivity index (χ0) is 29.6. The molecule has 0 atom stereocenters. The van der Waals surface area contributed by atoms with Crippen molar-refractivity contribution in [1.82, 2.24) is 0 Å². The van der Waals surface area contributed by atoms with Crippen molar-refractivity contribution in [2.75, 3.05) is 0 Å². The Morgan fingerprint density at radius 3 is 1.34 bits per heavy atom. The van der Waals surface area contributed by atoms with Gasteiger partial charge >= 0.3 is 0 Å². The molecule has 0 unspecified atom stereocenters. The van der Waals surface area contributed by atoms with Gasteiger partial charge in [0.05, 0.1) is 0 Å². The number of hydrogen-bond donors (Lipinski definition) is 0. The molecule has 0 saturated heterocycles. The summed E-state index contributed by atoms with van der Waals surface area (Å²) >= 11 is 0. The number of aryl methyl sites for hydroxylation is 2. The monoisotopic (exact) mass is 562 g/mol. The third-order valence-electron chi connectivity index (χ3n) is 9.14. The summed E-state index contributed by atoms with van der Waals surface area (Å²) in [6.07, 6.45) is 7.07. The lowest BCUT2D eigenvalue weighted by Crippen LogP contribution is -2.28. The third-order valence-corrected chi connectivity index (χ3v) is 9.14. The second kappa shape index (κ2) is 10.8. The van der Waals surface area contributed by atoms with Crippen molar-refractivity contribution in [3.8, 4) is 44.5 Å². The fourth-order valence-corrected chi connectivity index (χ4v) is 6.97. The van der Waals surface area contributed by atoms with E-state index >= 15 is 0 Å². The molecule has 0 amide bonds. The molecule has 1 aliphatic carbocycles. The zero-order valence-electron chi connectivity index (χ0n) is 25.3. The second-order valence-corrected chi connectivity index (χ2v) is 12.2. The fourth-order valence-electron chi connectivity index (χ4n) is 6.97. The van der Waals surface area contributed by atoms with Gasteiger partial charge in [-0.3, -0.25) is 0 Å². The normalized spacial score (nSPS) is 12.5. The molecule has 1 aliphatic rings. The van der Waals surface area contributed by atoms with Gasteiger partial charge in [-0.1, -0.05) is 126 Å². The van der Waals surface area contributed by atoms with E-state index in [2.05, 4.69) is 159 Å². The van der Waals surface area contributed by atoms with Crippen LogP contribution in [0.25, 0.3) is 78.2 Å². The molecule has 0 fully saturated rings. The van der Waals surface area contributed by atoms with Gasteiger partial charge in [0.25, 0.3) is 0 Å². The van der Waals surface area contributed by atoms with E-state index in [9.17, 15) is 0 Å². The molecule has 0 radical (unpaired) electrons. The first-order valence-corrected chi connectivity index (χ1v) is 15.7. The standard InChI is InChI=1S/C44H34/c1-29-10-7-12-31(22-29)36-25-37(32-13-8-11-30(2)23-32)27-38(26-36)34-15-9-14-33(24-34)35-20-21-43-41-18-4-3-16-39(41)40-17-5-6-19-42(40)44(43)28-35/h3-4,7-28H,5-6H2,1-2H3. The van der Waals surface area contributed by atoms with Crippen molar-refractivity contribution in [3.05, 3.63) is 155 Å². The largest absolute Gasteiger partial charge is 0.0757 e. The summed E-state index contributed by atoms with van der Waals surface area (Å²) < 4.78 is 0. The maximum Gasteiger partial charge on any atom is -0.00961 e. The van der Waals surface area contributed by atoms with Crippen molar-refractivity contribution in [1.29, 1.82) is 0 Å². The Labute approximate surface area is 259 Å². The Kier molecular flexibility index (Phi) is 6.50. The molecule has 7 aromatic rings. The minimum Gasteiger partial charge on any atom is -0.0757 e. The Bertz CT molecular complexity index is 2290. The maximum atomic E-state index is 2.44. The van der Waals surface area contributed by atoms with Gasteiger partial charge in [-0.2, -0.15) is 0 Å². The van der Waals surface area contributed by atoms with Crippen molar-refractivity contribution < 1.29 is 0 Å². The lowest BCUT2D eigenvalue weighted by Gasteiger charge is -2.14. The van der Waals surface area contributed by atoms with Crippen molar-refractivity contribution in [2.45, 2.75) is 26.7 Å². The summed E-state index contributed by atoms with van der Waals surface area (Å²) in [6, 6.07) is 49.6. The molecular formula is C44H34. The highest BCUT2D eigenvalue weighted by molar-refractivity contribution is 6.09. The highest BCUT2D eigenvalue weighted by Gasteiger charge is 2.12. The zero-order valence-corrected chi connectivity index (χ0v) is 25.3. The van der Waals surface area contributed by atoms with Crippen molar-refractivity contribution >= 4 is 33.7 Å². The van der Waals surface area contributed by atoms with Crippen LogP contribution in [0.4, 0.5) is 0 Å². The van der Waals surface area contributed by atoms with Crippen LogP contribution in [0.3, 0.4) is 0 Å². The molecule has 0 heterocycles. The van der Waals surface area contributed by atoms with Crippen LogP contribution in [-0.4, -0.2) is 0 Å².